The summed E-state index contributed by atoms with van der Waals surface area (Å²) in [5, 5.41) is 2.87. The number of hydrogen-bond donors (Lipinski definition) is 1. The molecule has 8 heteroatoms. The van der Waals surface area contributed by atoms with Gasteiger partial charge in [0.25, 0.3) is 5.91 Å². The molecule has 2 saturated heterocycles. The van der Waals surface area contributed by atoms with Crippen molar-refractivity contribution in [3.05, 3.63) is 46.2 Å². The Morgan fingerprint density at radius 2 is 1.78 bits per heavy atom. The molecule has 3 heterocycles. The summed E-state index contributed by atoms with van der Waals surface area (Å²) in [6, 6.07) is 11.3. The van der Waals surface area contributed by atoms with Gasteiger partial charge in [0.15, 0.2) is 0 Å². The molecule has 0 saturated carbocycles. The van der Waals surface area contributed by atoms with Crippen LogP contribution in [0.4, 0.5) is 16.2 Å². The fourth-order valence-corrected chi connectivity index (χ4v) is 4.91. The van der Waals surface area contributed by atoms with Crippen LogP contribution in [-0.2, 0) is 9.53 Å². The zero-order valence-corrected chi connectivity index (χ0v) is 19.3. The van der Waals surface area contributed by atoms with E-state index < -0.39 is 12.2 Å². The van der Waals surface area contributed by atoms with Gasteiger partial charge in [-0.15, -0.1) is 11.3 Å². The molecule has 0 radical (unpaired) electrons. The van der Waals surface area contributed by atoms with E-state index >= 15 is 0 Å². The number of nitrogens with zero attached hydrogens (tertiary/aromatic N) is 2. The minimum atomic E-state index is -0.430. The Bertz CT molecular complexity index is 985. The molecule has 2 aliphatic rings. The molecule has 3 amide bonds. The monoisotopic (exact) mass is 455 g/mol. The van der Waals surface area contributed by atoms with Crippen molar-refractivity contribution < 1.29 is 19.1 Å². The van der Waals surface area contributed by atoms with Crippen LogP contribution in [0, 0.1) is 0 Å². The number of carbonyl (C=O) groups excluding carboxylic acids is 3. The molecule has 170 valence electrons. The van der Waals surface area contributed by atoms with E-state index in [2.05, 4.69) is 19.2 Å². The molecular weight excluding hydrogens is 426 g/mol. The molecule has 0 spiro atoms. The Labute approximate surface area is 192 Å². The lowest BCUT2D eigenvalue weighted by Crippen LogP contribution is -2.34. The largest absolute Gasteiger partial charge is 0.442 e. The van der Waals surface area contributed by atoms with E-state index in [1.165, 1.54) is 16.2 Å². The summed E-state index contributed by atoms with van der Waals surface area (Å²) >= 11 is 1.49. The van der Waals surface area contributed by atoms with Crippen LogP contribution in [0.15, 0.2) is 36.4 Å². The van der Waals surface area contributed by atoms with Gasteiger partial charge >= 0.3 is 6.09 Å². The van der Waals surface area contributed by atoms with Crippen LogP contribution >= 0.6 is 11.3 Å². The maximum atomic E-state index is 12.4. The highest BCUT2D eigenvalue weighted by Gasteiger charge is 2.33. The number of ether oxygens (including phenoxy) is 1. The van der Waals surface area contributed by atoms with Gasteiger partial charge in [0.05, 0.1) is 18.0 Å². The first-order chi connectivity index (χ1) is 15.4. The highest BCUT2D eigenvalue weighted by atomic mass is 32.1. The Hall–Kier alpha value is -2.87. The van der Waals surface area contributed by atoms with Crippen LogP contribution in [0.25, 0.3) is 0 Å². The molecule has 2 fully saturated rings. The molecule has 1 N–H and O–H groups in total. The Morgan fingerprint density at radius 3 is 2.47 bits per heavy atom. The predicted molar refractivity (Wildman–Crippen MR) is 126 cm³/mol. The minimum Gasteiger partial charge on any atom is -0.442 e. The summed E-state index contributed by atoms with van der Waals surface area (Å²) in [5.41, 5.74) is 1.57. The van der Waals surface area contributed by atoms with E-state index in [1.807, 2.05) is 41.3 Å². The van der Waals surface area contributed by atoms with Crippen molar-refractivity contribution in [3.63, 3.8) is 0 Å². The SMILES string of the molecule is CC(C)c1ccc(C(=O)NCC2CN(c3ccc(N4CCCCCC4=O)cc3)C(=O)O2)s1. The second-order valence-corrected chi connectivity index (χ2v) is 9.67. The van der Waals surface area contributed by atoms with Gasteiger partial charge in [-0.05, 0) is 55.2 Å². The fourth-order valence-electron chi connectivity index (χ4n) is 3.99. The Morgan fingerprint density at radius 1 is 1.06 bits per heavy atom. The number of nitrogens with one attached hydrogen (secondary N) is 1. The molecule has 32 heavy (non-hydrogen) atoms. The molecule has 0 bridgehead atoms. The quantitative estimate of drug-likeness (QED) is 0.694. The van der Waals surface area contributed by atoms with Crippen molar-refractivity contribution >= 4 is 40.6 Å². The molecular formula is C24H29N3O4S. The van der Waals surface area contributed by atoms with E-state index in [9.17, 15) is 14.4 Å². The smallest absolute Gasteiger partial charge is 0.414 e. The lowest BCUT2D eigenvalue weighted by atomic mass is 10.2. The van der Waals surface area contributed by atoms with Gasteiger partial charge < -0.3 is 15.0 Å². The maximum Gasteiger partial charge on any atom is 0.414 e. The summed E-state index contributed by atoms with van der Waals surface area (Å²) in [6.07, 6.45) is 2.75. The third kappa shape index (κ3) is 4.96. The summed E-state index contributed by atoms with van der Waals surface area (Å²) in [5.74, 6) is 0.385. The average Bonchev–Trinajstić information content (AvgIpc) is 3.36. The van der Waals surface area contributed by atoms with Gasteiger partial charge in [-0.25, -0.2) is 4.79 Å². The van der Waals surface area contributed by atoms with Crippen molar-refractivity contribution in [1.29, 1.82) is 0 Å². The fraction of sp³-hybridized carbons (Fsp3) is 0.458. The lowest BCUT2D eigenvalue weighted by molar-refractivity contribution is -0.118. The van der Waals surface area contributed by atoms with Crippen LogP contribution < -0.4 is 15.1 Å². The molecule has 0 aliphatic carbocycles. The summed E-state index contributed by atoms with van der Waals surface area (Å²) in [4.78, 5) is 42.4. The number of cyclic esters (lactones) is 1. The van der Waals surface area contributed by atoms with E-state index in [0.717, 1.165) is 37.2 Å². The van der Waals surface area contributed by atoms with Crippen LogP contribution in [0.3, 0.4) is 0 Å². The topological polar surface area (TPSA) is 79.0 Å². The van der Waals surface area contributed by atoms with E-state index in [0.29, 0.717) is 23.8 Å². The number of amides is 3. The van der Waals surface area contributed by atoms with Crippen molar-refractivity contribution in [3.8, 4) is 0 Å². The molecule has 2 aromatic rings. The normalized spacial score (nSPS) is 19.3. The second kappa shape index (κ2) is 9.73. The lowest BCUT2D eigenvalue weighted by Gasteiger charge is -2.21. The zero-order valence-electron chi connectivity index (χ0n) is 18.5. The zero-order chi connectivity index (χ0) is 22.7. The van der Waals surface area contributed by atoms with Crippen LogP contribution in [0.2, 0.25) is 0 Å². The number of carbonyl (C=O) groups is 3. The average molecular weight is 456 g/mol. The van der Waals surface area contributed by atoms with Gasteiger partial charge in [0.2, 0.25) is 5.91 Å². The van der Waals surface area contributed by atoms with Gasteiger partial charge in [-0.1, -0.05) is 20.3 Å². The second-order valence-electron chi connectivity index (χ2n) is 8.56. The molecule has 1 unspecified atom stereocenters. The molecule has 2 aliphatic heterocycles. The third-order valence-corrected chi connectivity index (χ3v) is 7.22. The molecule has 4 rings (SSSR count). The Kier molecular flexibility index (Phi) is 6.79. The number of rotatable bonds is 6. The number of benzene rings is 1. The van der Waals surface area contributed by atoms with Crippen molar-refractivity contribution in [1.82, 2.24) is 5.32 Å². The maximum absolute atomic E-state index is 12.4. The molecule has 1 aromatic carbocycles. The minimum absolute atomic E-state index is 0.150. The summed E-state index contributed by atoms with van der Waals surface area (Å²) < 4.78 is 5.45. The molecule has 7 nitrogen and oxygen atoms in total. The number of thiophene rings is 1. The standard InChI is InChI=1S/C24H29N3O4S/c1-16(2)20-11-12-21(32-20)23(29)25-14-19-15-27(24(30)31-19)18-9-7-17(8-10-18)26-13-5-3-4-6-22(26)28/h7-12,16,19H,3-6,13-15H2,1-2H3,(H,25,29). The first-order valence-corrected chi connectivity index (χ1v) is 12.0. The van der Waals surface area contributed by atoms with Gasteiger partial charge in [-0.2, -0.15) is 0 Å². The van der Waals surface area contributed by atoms with E-state index in [4.69, 9.17) is 4.74 Å². The first-order valence-electron chi connectivity index (χ1n) is 11.2. The van der Waals surface area contributed by atoms with Gasteiger partial charge in [-0.3, -0.25) is 14.5 Å². The van der Waals surface area contributed by atoms with Crippen LogP contribution in [0.1, 0.15) is 60.0 Å². The number of anilines is 2. The highest BCUT2D eigenvalue weighted by Crippen LogP contribution is 2.27. The number of hydrogen-bond acceptors (Lipinski definition) is 5. The van der Waals surface area contributed by atoms with Crippen LogP contribution in [-0.4, -0.2) is 43.6 Å². The van der Waals surface area contributed by atoms with Crippen molar-refractivity contribution in [2.45, 2.75) is 51.6 Å². The van der Waals surface area contributed by atoms with Crippen molar-refractivity contribution in [2.75, 3.05) is 29.4 Å². The summed E-state index contributed by atoms with van der Waals surface area (Å²) in [7, 11) is 0. The van der Waals surface area contributed by atoms with E-state index in [-0.39, 0.29) is 18.4 Å². The highest BCUT2D eigenvalue weighted by molar-refractivity contribution is 7.14. The first kappa shape index (κ1) is 22.3. The summed E-state index contributed by atoms with van der Waals surface area (Å²) in [6.45, 7) is 5.55. The van der Waals surface area contributed by atoms with E-state index in [1.54, 1.807) is 4.90 Å². The third-order valence-electron chi connectivity index (χ3n) is 5.83. The molecule has 1 aromatic heterocycles. The van der Waals surface area contributed by atoms with Crippen molar-refractivity contribution in [2.24, 2.45) is 0 Å². The molecule has 1 atom stereocenters. The Balaban J connectivity index is 1.34. The predicted octanol–water partition coefficient (Wildman–Crippen LogP) is 4.53. The van der Waals surface area contributed by atoms with Gasteiger partial charge in [0, 0.05) is 29.2 Å². The van der Waals surface area contributed by atoms with Crippen LogP contribution in [0.5, 0.6) is 0 Å². The van der Waals surface area contributed by atoms with Gasteiger partial charge in [0.1, 0.15) is 6.10 Å².